The van der Waals surface area contributed by atoms with Crippen LogP contribution in [-0.2, 0) is 4.74 Å². The Morgan fingerprint density at radius 2 is 2.12 bits per heavy atom. The highest BCUT2D eigenvalue weighted by Crippen LogP contribution is 2.00. The Morgan fingerprint density at radius 3 is 2.82 bits per heavy atom. The highest BCUT2D eigenvalue weighted by Gasteiger charge is 2.03. The molecule has 0 spiro atoms. The van der Waals surface area contributed by atoms with Gasteiger partial charge in [0.25, 0.3) is 0 Å². The lowest BCUT2D eigenvalue weighted by atomic mass is 10.2. The zero-order chi connectivity index (χ0) is 12.3. The van der Waals surface area contributed by atoms with Gasteiger partial charge in [0.2, 0.25) is 0 Å². The van der Waals surface area contributed by atoms with Crippen molar-refractivity contribution >= 4 is 5.97 Å². The summed E-state index contributed by atoms with van der Waals surface area (Å²) >= 11 is 0. The van der Waals surface area contributed by atoms with Crippen molar-refractivity contribution in [2.45, 2.75) is 6.42 Å². The number of benzene rings is 1. The molecule has 1 aromatic rings. The molecule has 0 aliphatic carbocycles. The zero-order valence-corrected chi connectivity index (χ0v) is 9.56. The highest BCUT2D eigenvalue weighted by molar-refractivity contribution is 5.89. The van der Waals surface area contributed by atoms with Crippen molar-refractivity contribution in [1.82, 2.24) is 0 Å². The Hall–Kier alpha value is -2.27. The van der Waals surface area contributed by atoms with E-state index >= 15 is 0 Å². The van der Waals surface area contributed by atoms with E-state index in [1.54, 1.807) is 36.4 Å². The van der Waals surface area contributed by atoms with Gasteiger partial charge in [0, 0.05) is 0 Å². The first-order chi connectivity index (χ1) is 8.34. The molecule has 0 unspecified atom stereocenters. The van der Waals surface area contributed by atoms with Crippen LogP contribution in [-0.4, -0.2) is 12.6 Å². The summed E-state index contributed by atoms with van der Waals surface area (Å²) in [5, 5.41) is 0. The average molecular weight is 226 g/mol. The van der Waals surface area contributed by atoms with Gasteiger partial charge in [-0.2, -0.15) is 0 Å². The molecule has 86 valence electrons. The number of hydrogen-bond acceptors (Lipinski definition) is 2. The molecule has 2 heteroatoms. The Morgan fingerprint density at radius 1 is 1.35 bits per heavy atom. The summed E-state index contributed by atoms with van der Waals surface area (Å²) in [5.74, 6) is 5.15. The molecule has 1 rings (SSSR count). The fraction of sp³-hybridized carbons (Fsp3) is 0.133. The monoisotopic (exact) mass is 226 g/mol. The van der Waals surface area contributed by atoms with Gasteiger partial charge in [-0.25, -0.2) is 4.79 Å². The predicted octanol–water partition coefficient (Wildman–Crippen LogP) is 2.98. The van der Waals surface area contributed by atoms with Crippen molar-refractivity contribution in [2.75, 3.05) is 6.61 Å². The van der Waals surface area contributed by atoms with Crippen LogP contribution in [0.3, 0.4) is 0 Å². The number of rotatable bonds is 4. The summed E-state index contributed by atoms with van der Waals surface area (Å²) in [6.45, 7) is 3.69. The molecule has 0 aliphatic rings. The second-order valence-electron chi connectivity index (χ2n) is 3.19. The summed E-state index contributed by atoms with van der Waals surface area (Å²) in [4.78, 5) is 11.5. The molecule has 0 saturated carbocycles. The normalized spacial score (nSPS) is 9.41. The maximum absolute atomic E-state index is 11.5. The van der Waals surface area contributed by atoms with E-state index in [1.807, 2.05) is 12.1 Å². The molecule has 0 amide bonds. The maximum atomic E-state index is 11.5. The number of esters is 1. The van der Waals surface area contributed by atoms with Crippen molar-refractivity contribution in [1.29, 1.82) is 0 Å². The first-order valence-corrected chi connectivity index (χ1v) is 5.31. The molecule has 1 aromatic carbocycles. The lowest BCUT2D eigenvalue weighted by Crippen LogP contribution is -2.04. The standard InChI is InChI=1S/C15H14O2/c1-2-3-4-5-6-10-13-17-15(16)14-11-8-7-9-12-14/h2,4-5,7-9,11-12H,1,3,13H2/b5-4+. The van der Waals surface area contributed by atoms with Gasteiger partial charge in [-0.3, -0.25) is 0 Å². The Kier molecular flexibility index (Phi) is 5.98. The van der Waals surface area contributed by atoms with Gasteiger partial charge >= 0.3 is 5.97 Å². The van der Waals surface area contributed by atoms with Crippen LogP contribution in [0.5, 0.6) is 0 Å². The lowest BCUT2D eigenvalue weighted by Gasteiger charge is -1.99. The van der Waals surface area contributed by atoms with Crippen LogP contribution in [0.1, 0.15) is 16.8 Å². The van der Waals surface area contributed by atoms with Crippen LogP contribution in [0, 0.1) is 11.8 Å². The lowest BCUT2D eigenvalue weighted by molar-refractivity contribution is 0.0556. The first-order valence-electron chi connectivity index (χ1n) is 5.31. The van der Waals surface area contributed by atoms with Crippen molar-refractivity contribution in [3.8, 4) is 11.8 Å². The second-order valence-corrected chi connectivity index (χ2v) is 3.19. The maximum Gasteiger partial charge on any atom is 0.339 e. The third-order valence-electron chi connectivity index (χ3n) is 1.89. The summed E-state index contributed by atoms with van der Waals surface area (Å²) in [6.07, 6.45) is 6.18. The summed E-state index contributed by atoms with van der Waals surface area (Å²) in [6, 6.07) is 8.85. The van der Waals surface area contributed by atoms with E-state index in [4.69, 9.17) is 4.74 Å². The minimum absolute atomic E-state index is 0.103. The molecule has 0 radical (unpaired) electrons. The Labute approximate surface area is 102 Å². The molecule has 0 bridgehead atoms. The molecule has 2 nitrogen and oxygen atoms in total. The molecule has 0 aromatic heterocycles. The molecular formula is C15H14O2. The van der Waals surface area contributed by atoms with Gasteiger partial charge in [0.15, 0.2) is 6.61 Å². The Balaban J connectivity index is 2.32. The van der Waals surface area contributed by atoms with E-state index in [0.717, 1.165) is 6.42 Å². The molecule has 17 heavy (non-hydrogen) atoms. The highest BCUT2D eigenvalue weighted by atomic mass is 16.5. The van der Waals surface area contributed by atoms with Crippen LogP contribution >= 0.6 is 0 Å². The molecule has 0 aliphatic heterocycles. The van der Waals surface area contributed by atoms with Gasteiger partial charge in [-0.05, 0) is 24.6 Å². The zero-order valence-electron chi connectivity index (χ0n) is 9.56. The van der Waals surface area contributed by atoms with E-state index in [0.29, 0.717) is 5.56 Å². The topological polar surface area (TPSA) is 26.3 Å². The third-order valence-corrected chi connectivity index (χ3v) is 1.89. The van der Waals surface area contributed by atoms with Crippen LogP contribution < -0.4 is 0 Å². The summed E-state index contributed by atoms with van der Waals surface area (Å²) in [7, 11) is 0. The van der Waals surface area contributed by atoms with Crippen LogP contribution in [0.15, 0.2) is 55.1 Å². The van der Waals surface area contributed by atoms with E-state index in [-0.39, 0.29) is 12.6 Å². The molecule has 0 atom stereocenters. The van der Waals surface area contributed by atoms with E-state index in [1.165, 1.54) is 0 Å². The summed E-state index contributed by atoms with van der Waals surface area (Å²) in [5.41, 5.74) is 0.538. The van der Waals surface area contributed by atoms with Crippen LogP contribution in [0.2, 0.25) is 0 Å². The van der Waals surface area contributed by atoms with Crippen molar-refractivity contribution in [3.63, 3.8) is 0 Å². The largest absolute Gasteiger partial charge is 0.449 e. The number of ether oxygens (including phenoxy) is 1. The van der Waals surface area contributed by atoms with Crippen LogP contribution in [0.25, 0.3) is 0 Å². The van der Waals surface area contributed by atoms with Gasteiger partial charge in [0.1, 0.15) is 0 Å². The van der Waals surface area contributed by atoms with E-state index in [9.17, 15) is 4.79 Å². The molecule has 0 heterocycles. The number of allylic oxidation sites excluding steroid dienone is 3. The molecular weight excluding hydrogens is 212 g/mol. The molecule has 0 N–H and O–H groups in total. The minimum Gasteiger partial charge on any atom is -0.449 e. The minimum atomic E-state index is -0.352. The number of carbonyl (C=O) groups is 1. The quantitative estimate of drug-likeness (QED) is 0.448. The van der Waals surface area contributed by atoms with Crippen LogP contribution in [0.4, 0.5) is 0 Å². The van der Waals surface area contributed by atoms with E-state index in [2.05, 4.69) is 18.4 Å². The smallest absolute Gasteiger partial charge is 0.339 e. The van der Waals surface area contributed by atoms with Gasteiger partial charge < -0.3 is 4.74 Å². The van der Waals surface area contributed by atoms with Crippen molar-refractivity contribution in [3.05, 3.63) is 60.7 Å². The molecule has 0 saturated heterocycles. The predicted molar refractivity (Wildman–Crippen MR) is 68.5 cm³/mol. The number of hydrogen-bond donors (Lipinski definition) is 0. The van der Waals surface area contributed by atoms with Crippen molar-refractivity contribution in [2.24, 2.45) is 0 Å². The second kappa shape index (κ2) is 7.95. The van der Waals surface area contributed by atoms with Gasteiger partial charge in [-0.15, -0.1) is 6.58 Å². The Bertz CT molecular complexity index is 447. The van der Waals surface area contributed by atoms with E-state index < -0.39 is 0 Å². The first kappa shape index (κ1) is 12.8. The SMILES string of the molecule is C=CC/C=C/C#CCOC(=O)c1ccccc1. The molecule has 0 fully saturated rings. The van der Waals surface area contributed by atoms with Crippen molar-refractivity contribution < 1.29 is 9.53 Å². The van der Waals surface area contributed by atoms with Gasteiger partial charge in [-0.1, -0.05) is 42.2 Å². The number of carbonyl (C=O) groups excluding carboxylic acids is 1. The average Bonchev–Trinajstić information content (AvgIpc) is 2.38. The third kappa shape index (κ3) is 5.39. The fourth-order valence-corrected chi connectivity index (χ4v) is 1.08. The van der Waals surface area contributed by atoms with Gasteiger partial charge in [0.05, 0.1) is 5.56 Å². The summed E-state index contributed by atoms with van der Waals surface area (Å²) < 4.78 is 4.97. The fourth-order valence-electron chi connectivity index (χ4n) is 1.08.